The van der Waals surface area contributed by atoms with Crippen molar-refractivity contribution in [1.29, 1.82) is 0 Å². The van der Waals surface area contributed by atoms with Crippen LogP contribution in [-0.2, 0) is 6.42 Å². The van der Waals surface area contributed by atoms with Gasteiger partial charge in [-0.2, -0.15) is 5.10 Å². The van der Waals surface area contributed by atoms with Crippen LogP contribution >= 0.6 is 0 Å². The number of hydrogen-bond donors (Lipinski definition) is 1. The van der Waals surface area contributed by atoms with Crippen LogP contribution in [0.4, 0.5) is 5.69 Å². The molecule has 1 N–H and O–H groups in total. The highest BCUT2D eigenvalue weighted by atomic mass is 16.5. The Morgan fingerprint density at radius 2 is 1.67 bits per heavy atom. The lowest BCUT2D eigenvalue weighted by atomic mass is 10.1. The number of fused-ring (bicyclic) bond motifs is 1. The highest BCUT2D eigenvalue weighted by Gasteiger charge is 2.11. The monoisotopic (exact) mass is 400 g/mol. The number of ether oxygens (including phenoxy) is 2. The quantitative estimate of drug-likeness (QED) is 0.428. The standard InChI is InChI=1S/C25H24N2O3/c1-4-17-10-12-22-20(14-17)21(27-26-19-8-6-5-7-9-19)16-24(30-22)18-11-13-23(28-2)25(15-18)29-3/h5-16,26H,4H2,1-3H3/b27-21-. The van der Waals surface area contributed by atoms with E-state index in [1.54, 1.807) is 14.2 Å². The van der Waals surface area contributed by atoms with Gasteiger partial charge in [0, 0.05) is 17.0 Å². The van der Waals surface area contributed by atoms with Gasteiger partial charge in [-0.05, 0) is 54.4 Å². The first-order valence-corrected chi connectivity index (χ1v) is 9.85. The lowest BCUT2D eigenvalue weighted by Gasteiger charge is -2.10. The zero-order valence-corrected chi connectivity index (χ0v) is 17.3. The second-order valence-corrected chi connectivity index (χ2v) is 6.84. The summed E-state index contributed by atoms with van der Waals surface area (Å²) in [7, 11) is 3.24. The molecule has 0 spiro atoms. The molecule has 4 rings (SSSR count). The number of aryl methyl sites for hydroxylation is 1. The molecular formula is C25H24N2O3. The van der Waals surface area contributed by atoms with Crippen molar-refractivity contribution in [2.24, 2.45) is 5.10 Å². The molecular weight excluding hydrogens is 376 g/mol. The van der Waals surface area contributed by atoms with Gasteiger partial charge in [-0.25, -0.2) is 0 Å². The number of hydrogen-bond acceptors (Lipinski definition) is 5. The molecule has 0 saturated heterocycles. The molecule has 3 aromatic carbocycles. The summed E-state index contributed by atoms with van der Waals surface area (Å²) in [6.45, 7) is 2.13. The summed E-state index contributed by atoms with van der Waals surface area (Å²) in [5, 5.41) is 6.44. The van der Waals surface area contributed by atoms with Crippen LogP contribution in [0.15, 0.2) is 82.3 Å². The Bertz CT molecular complexity index is 1230. The predicted octanol–water partition coefficient (Wildman–Crippen LogP) is 5.61. The summed E-state index contributed by atoms with van der Waals surface area (Å²) in [5.41, 5.74) is 6.95. The number of methoxy groups -OCH3 is 2. The number of nitrogens with zero attached hydrogens (tertiary/aromatic N) is 1. The molecule has 4 aromatic rings. The van der Waals surface area contributed by atoms with E-state index in [4.69, 9.17) is 13.9 Å². The van der Waals surface area contributed by atoms with Crippen LogP contribution in [0.2, 0.25) is 0 Å². The Kier molecular flexibility index (Phi) is 5.70. The molecule has 0 fully saturated rings. The first-order valence-electron chi connectivity index (χ1n) is 9.85. The minimum absolute atomic E-state index is 0.646. The zero-order valence-electron chi connectivity index (χ0n) is 17.3. The van der Waals surface area contributed by atoms with Gasteiger partial charge in [0.15, 0.2) is 11.5 Å². The number of nitrogens with one attached hydrogen (secondary N) is 1. The van der Waals surface area contributed by atoms with Gasteiger partial charge >= 0.3 is 0 Å². The fourth-order valence-electron chi connectivity index (χ4n) is 3.30. The van der Waals surface area contributed by atoms with E-state index in [-0.39, 0.29) is 0 Å². The van der Waals surface area contributed by atoms with Crippen LogP contribution in [0.1, 0.15) is 12.5 Å². The number of anilines is 1. The predicted molar refractivity (Wildman–Crippen MR) is 120 cm³/mol. The van der Waals surface area contributed by atoms with E-state index in [2.05, 4.69) is 29.6 Å². The average molecular weight is 400 g/mol. The van der Waals surface area contributed by atoms with Crippen molar-refractivity contribution >= 4 is 16.7 Å². The van der Waals surface area contributed by atoms with Crippen molar-refractivity contribution in [2.75, 3.05) is 19.6 Å². The van der Waals surface area contributed by atoms with Crippen LogP contribution < -0.4 is 20.3 Å². The third-order valence-corrected chi connectivity index (χ3v) is 4.96. The summed E-state index contributed by atoms with van der Waals surface area (Å²) in [4.78, 5) is 0. The van der Waals surface area contributed by atoms with Gasteiger partial charge in [-0.1, -0.05) is 31.2 Å². The van der Waals surface area contributed by atoms with Crippen LogP contribution in [0, 0.1) is 0 Å². The molecule has 0 radical (unpaired) electrons. The first kappa shape index (κ1) is 19.6. The molecule has 5 nitrogen and oxygen atoms in total. The van der Waals surface area contributed by atoms with E-state index in [1.807, 2.05) is 60.7 Å². The van der Waals surface area contributed by atoms with Gasteiger partial charge in [0.2, 0.25) is 0 Å². The summed E-state index contributed by atoms with van der Waals surface area (Å²) in [5.74, 6) is 2.01. The van der Waals surface area contributed by atoms with Crippen LogP contribution in [-0.4, -0.2) is 14.2 Å². The molecule has 1 aromatic heterocycles. The average Bonchev–Trinajstić information content (AvgIpc) is 2.82. The van der Waals surface area contributed by atoms with Crippen LogP contribution in [0.25, 0.3) is 22.3 Å². The summed E-state index contributed by atoms with van der Waals surface area (Å²) in [6.07, 6.45) is 0.943. The van der Waals surface area contributed by atoms with Crippen LogP contribution in [0.3, 0.4) is 0 Å². The smallest absolute Gasteiger partial charge is 0.161 e. The van der Waals surface area contributed by atoms with Crippen molar-refractivity contribution in [3.63, 3.8) is 0 Å². The second kappa shape index (κ2) is 8.74. The molecule has 0 amide bonds. The SMILES string of the molecule is CCc1ccc2oc(-c3ccc(OC)c(OC)c3)c/c(=N/Nc3ccccc3)c2c1. The van der Waals surface area contributed by atoms with E-state index < -0.39 is 0 Å². The second-order valence-electron chi connectivity index (χ2n) is 6.84. The van der Waals surface area contributed by atoms with Gasteiger partial charge in [0.05, 0.1) is 25.3 Å². The van der Waals surface area contributed by atoms with E-state index in [0.29, 0.717) is 17.3 Å². The number of benzene rings is 3. The molecule has 0 saturated carbocycles. The van der Waals surface area contributed by atoms with Gasteiger partial charge < -0.3 is 13.9 Å². The maximum Gasteiger partial charge on any atom is 0.161 e. The van der Waals surface area contributed by atoms with Crippen molar-refractivity contribution in [2.45, 2.75) is 13.3 Å². The van der Waals surface area contributed by atoms with E-state index in [1.165, 1.54) is 5.56 Å². The molecule has 0 aliphatic rings. The topological polar surface area (TPSA) is 56.0 Å². The van der Waals surface area contributed by atoms with Crippen molar-refractivity contribution < 1.29 is 13.9 Å². The largest absolute Gasteiger partial charge is 0.493 e. The van der Waals surface area contributed by atoms with Gasteiger partial charge in [-0.15, -0.1) is 0 Å². The fraction of sp³-hybridized carbons (Fsp3) is 0.160. The molecule has 1 heterocycles. The highest BCUT2D eigenvalue weighted by Crippen LogP contribution is 2.32. The normalized spacial score (nSPS) is 11.5. The van der Waals surface area contributed by atoms with E-state index >= 15 is 0 Å². The maximum atomic E-state index is 6.23. The fourth-order valence-corrected chi connectivity index (χ4v) is 3.30. The number of para-hydroxylation sites is 1. The molecule has 5 heteroatoms. The zero-order chi connectivity index (χ0) is 20.9. The van der Waals surface area contributed by atoms with Crippen LogP contribution in [0.5, 0.6) is 11.5 Å². The Balaban J connectivity index is 1.88. The first-order chi connectivity index (χ1) is 14.7. The third kappa shape index (κ3) is 4.01. The Labute approximate surface area is 175 Å². The van der Waals surface area contributed by atoms with Crippen molar-refractivity contribution in [1.82, 2.24) is 0 Å². The third-order valence-electron chi connectivity index (χ3n) is 4.96. The van der Waals surface area contributed by atoms with E-state index in [0.717, 1.165) is 34.0 Å². The highest BCUT2D eigenvalue weighted by molar-refractivity contribution is 5.79. The molecule has 152 valence electrons. The molecule has 0 aliphatic carbocycles. The minimum Gasteiger partial charge on any atom is -0.493 e. The van der Waals surface area contributed by atoms with Crippen molar-refractivity contribution in [3.8, 4) is 22.8 Å². The van der Waals surface area contributed by atoms with E-state index in [9.17, 15) is 0 Å². The van der Waals surface area contributed by atoms with Gasteiger partial charge in [0.1, 0.15) is 11.3 Å². The van der Waals surface area contributed by atoms with Crippen molar-refractivity contribution in [3.05, 3.63) is 83.7 Å². The molecule has 30 heavy (non-hydrogen) atoms. The Morgan fingerprint density at radius 1 is 0.867 bits per heavy atom. The Morgan fingerprint density at radius 3 is 2.40 bits per heavy atom. The molecule has 0 bridgehead atoms. The van der Waals surface area contributed by atoms with Gasteiger partial charge in [-0.3, -0.25) is 5.43 Å². The number of rotatable bonds is 6. The maximum absolute atomic E-state index is 6.23. The summed E-state index contributed by atoms with van der Waals surface area (Å²) < 4.78 is 17.0. The lowest BCUT2D eigenvalue weighted by Crippen LogP contribution is -2.08. The Hall–Kier alpha value is -3.73. The molecule has 0 atom stereocenters. The minimum atomic E-state index is 0.646. The summed E-state index contributed by atoms with van der Waals surface area (Å²) >= 11 is 0. The molecule has 0 unspecified atom stereocenters. The van der Waals surface area contributed by atoms with Gasteiger partial charge in [0.25, 0.3) is 0 Å². The summed E-state index contributed by atoms with van der Waals surface area (Å²) in [6, 6.07) is 23.7. The lowest BCUT2D eigenvalue weighted by molar-refractivity contribution is 0.355. The molecule has 0 aliphatic heterocycles.